The SMILES string of the molecule is O=C(Nc1nc2c(Cl)c(Cl)ccc2s1)c1cc2ccccc2o1. The number of fused-ring (bicyclic) bond motifs is 2. The number of amides is 1. The van der Waals surface area contributed by atoms with Crippen LogP contribution in [0, 0.1) is 0 Å². The summed E-state index contributed by atoms with van der Waals surface area (Å²) >= 11 is 13.4. The zero-order chi connectivity index (χ0) is 16.0. The first kappa shape index (κ1) is 14.5. The highest BCUT2D eigenvalue weighted by Crippen LogP contribution is 2.35. The molecule has 0 saturated carbocycles. The maximum Gasteiger partial charge on any atom is 0.293 e. The first-order valence-electron chi connectivity index (χ1n) is 6.66. The lowest BCUT2D eigenvalue weighted by Crippen LogP contribution is -2.10. The van der Waals surface area contributed by atoms with E-state index in [9.17, 15) is 4.79 Å². The Bertz CT molecular complexity index is 1020. The van der Waals surface area contributed by atoms with Gasteiger partial charge in [-0.25, -0.2) is 4.98 Å². The Morgan fingerprint density at radius 2 is 2.00 bits per heavy atom. The smallest absolute Gasteiger partial charge is 0.293 e. The molecule has 1 amide bonds. The Morgan fingerprint density at radius 1 is 1.17 bits per heavy atom. The van der Waals surface area contributed by atoms with Crippen LogP contribution in [0.5, 0.6) is 0 Å². The van der Waals surface area contributed by atoms with Crippen molar-refractivity contribution in [3.63, 3.8) is 0 Å². The van der Waals surface area contributed by atoms with Crippen LogP contribution >= 0.6 is 34.5 Å². The molecule has 0 radical (unpaired) electrons. The van der Waals surface area contributed by atoms with E-state index in [4.69, 9.17) is 27.6 Å². The van der Waals surface area contributed by atoms with Gasteiger partial charge in [0.1, 0.15) is 11.1 Å². The van der Waals surface area contributed by atoms with Gasteiger partial charge >= 0.3 is 0 Å². The minimum absolute atomic E-state index is 0.231. The topological polar surface area (TPSA) is 55.1 Å². The van der Waals surface area contributed by atoms with Gasteiger partial charge in [-0.05, 0) is 24.3 Å². The van der Waals surface area contributed by atoms with Crippen LogP contribution in [0.15, 0.2) is 46.9 Å². The quantitative estimate of drug-likeness (QED) is 0.504. The number of rotatable bonds is 2. The van der Waals surface area contributed by atoms with Gasteiger partial charge in [-0.1, -0.05) is 52.7 Å². The zero-order valence-corrected chi connectivity index (χ0v) is 13.8. The van der Waals surface area contributed by atoms with Crippen molar-refractivity contribution in [1.29, 1.82) is 0 Å². The first-order valence-corrected chi connectivity index (χ1v) is 8.23. The van der Waals surface area contributed by atoms with Crippen LogP contribution in [0.1, 0.15) is 10.6 Å². The Morgan fingerprint density at radius 3 is 2.83 bits per heavy atom. The second-order valence-corrected chi connectivity index (χ2v) is 6.65. The van der Waals surface area contributed by atoms with Gasteiger partial charge in [0, 0.05) is 5.39 Å². The van der Waals surface area contributed by atoms with E-state index in [0.29, 0.717) is 26.3 Å². The highest BCUT2D eigenvalue weighted by atomic mass is 35.5. The molecule has 0 aliphatic carbocycles. The fourth-order valence-electron chi connectivity index (χ4n) is 2.24. The van der Waals surface area contributed by atoms with Crippen molar-refractivity contribution < 1.29 is 9.21 Å². The number of thiazole rings is 1. The lowest BCUT2D eigenvalue weighted by Gasteiger charge is -1.96. The Labute approximate surface area is 144 Å². The van der Waals surface area contributed by atoms with Crippen LogP contribution in [-0.2, 0) is 0 Å². The van der Waals surface area contributed by atoms with Gasteiger partial charge in [-0.2, -0.15) is 0 Å². The van der Waals surface area contributed by atoms with Crippen LogP contribution in [0.3, 0.4) is 0 Å². The Kier molecular flexibility index (Phi) is 3.49. The number of benzene rings is 2. The van der Waals surface area contributed by atoms with Crippen molar-refractivity contribution in [3.05, 3.63) is 58.3 Å². The van der Waals surface area contributed by atoms with Crippen LogP contribution in [0.25, 0.3) is 21.2 Å². The molecule has 0 bridgehead atoms. The second-order valence-electron chi connectivity index (χ2n) is 4.83. The van der Waals surface area contributed by atoms with Crippen LogP contribution in [0.4, 0.5) is 5.13 Å². The number of nitrogens with zero attached hydrogens (tertiary/aromatic N) is 1. The number of aromatic nitrogens is 1. The summed E-state index contributed by atoms with van der Waals surface area (Å²) in [4.78, 5) is 16.6. The molecule has 4 nitrogen and oxygen atoms in total. The fourth-order valence-corrected chi connectivity index (χ4v) is 3.53. The van der Waals surface area contributed by atoms with E-state index in [1.807, 2.05) is 30.3 Å². The third-order valence-electron chi connectivity index (χ3n) is 3.32. The third kappa shape index (κ3) is 2.57. The number of para-hydroxylation sites is 1. The van der Waals surface area contributed by atoms with Gasteiger partial charge in [0.05, 0.1) is 14.7 Å². The fraction of sp³-hybridized carbons (Fsp3) is 0. The average Bonchev–Trinajstić information content (AvgIpc) is 3.15. The number of anilines is 1. The largest absolute Gasteiger partial charge is 0.451 e. The van der Waals surface area contributed by atoms with E-state index in [0.717, 1.165) is 10.1 Å². The minimum atomic E-state index is -0.359. The standard InChI is InChI=1S/C16H8Cl2N2O2S/c17-9-5-6-12-14(13(9)18)19-16(23-12)20-15(21)11-7-8-3-1-2-4-10(8)22-11/h1-7H,(H,19,20,21). The van der Waals surface area contributed by atoms with Crippen molar-refractivity contribution in [2.75, 3.05) is 5.32 Å². The number of carbonyl (C=O) groups is 1. The predicted octanol–water partition coefficient (Wildman–Crippen LogP) is 5.60. The molecule has 0 fully saturated rings. The molecule has 23 heavy (non-hydrogen) atoms. The first-order chi connectivity index (χ1) is 11.1. The Balaban J connectivity index is 1.67. The molecule has 2 aromatic heterocycles. The molecular formula is C16H8Cl2N2O2S. The van der Waals surface area contributed by atoms with E-state index >= 15 is 0 Å². The highest BCUT2D eigenvalue weighted by molar-refractivity contribution is 7.22. The minimum Gasteiger partial charge on any atom is -0.451 e. The Hall–Kier alpha value is -2.08. The summed E-state index contributed by atoms with van der Waals surface area (Å²) in [5, 5.41) is 4.85. The van der Waals surface area contributed by atoms with Gasteiger partial charge in [0.25, 0.3) is 5.91 Å². The van der Waals surface area contributed by atoms with Gasteiger partial charge in [-0.3, -0.25) is 10.1 Å². The summed E-state index contributed by atoms with van der Waals surface area (Å²) in [5.41, 5.74) is 1.24. The predicted molar refractivity (Wildman–Crippen MR) is 93.8 cm³/mol. The van der Waals surface area contributed by atoms with Crippen LogP contribution in [0.2, 0.25) is 10.0 Å². The summed E-state index contributed by atoms with van der Waals surface area (Å²) in [6.45, 7) is 0. The summed E-state index contributed by atoms with van der Waals surface area (Å²) in [5.74, 6) is -0.128. The maximum absolute atomic E-state index is 12.3. The molecule has 4 rings (SSSR count). The summed E-state index contributed by atoms with van der Waals surface area (Å²) in [7, 11) is 0. The van der Waals surface area contributed by atoms with Crippen LogP contribution in [-0.4, -0.2) is 10.9 Å². The van der Waals surface area contributed by atoms with Gasteiger partial charge in [-0.15, -0.1) is 0 Å². The molecule has 0 spiro atoms. The number of hydrogen-bond donors (Lipinski definition) is 1. The van der Waals surface area contributed by atoms with E-state index < -0.39 is 0 Å². The van der Waals surface area contributed by atoms with E-state index in [2.05, 4.69) is 10.3 Å². The molecule has 2 aromatic carbocycles. The highest BCUT2D eigenvalue weighted by Gasteiger charge is 2.16. The molecule has 0 aliphatic heterocycles. The summed E-state index contributed by atoms with van der Waals surface area (Å²) < 4.78 is 6.38. The molecule has 4 aromatic rings. The average molecular weight is 363 g/mol. The number of halogens is 2. The van der Waals surface area contributed by atoms with Crippen LogP contribution < -0.4 is 5.32 Å². The third-order valence-corrected chi connectivity index (χ3v) is 5.05. The zero-order valence-electron chi connectivity index (χ0n) is 11.5. The van der Waals surface area contributed by atoms with Crippen molar-refractivity contribution >= 4 is 66.8 Å². The molecule has 7 heteroatoms. The number of hydrogen-bond acceptors (Lipinski definition) is 4. The van der Waals surface area contributed by atoms with Crippen molar-refractivity contribution in [3.8, 4) is 0 Å². The van der Waals surface area contributed by atoms with Crippen molar-refractivity contribution in [2.45, 2.75) is 0 Å². The molecule has 0 atom stereocenters. The number of carbonyl (C=O) groups excluding carboxylic acids is 1. The van der Waals surface area contributed by atoms with Crippen molar-refractivity contribution in [2.24, 2.45) is 0 Å². The molecule has 1 N–H and O–H groups in total. The van der Waals surface area contributed by atoms with E-state index in [1.165, 1.54) is 11.3 Å². The maximum atomic E-state index is 12.3. The van der Waals surface area contributed by atoms with E-state index in [1.54, 1.807) is 12.1 Å². The molecule has 114 valence electrons. The monoisotopic (exact) mass is 362 g/mol. The summed E-state index contributed by atoms with van der Waals surface area (Å²) in [6.07, 6.45) is 0. The lowest BCUT2D eigenvalue weighted by molar-refractivity contribution is 0.0998. The normalized spacial score (nSPS) is 11.2. The summed E-state index contributed by atoms with van der Waals surface area (Å²) in [6, 6.07) is 12.7. The van der Waals surface area contributed by atoms with E-state index in [-0.39, 0.29) is 11.7 Å². The van der Waals surface area contributed by atoms with Gasteiger partial charge in [0.15, 0.2) is 10.9 Å². The molecule has 0 saturated heterocycles. The second kappa shape index (κ2) is 5.53. The molecule has 0 aliphatic rings. The van der Waals surface area contributed by atoms with Gasteiger partial charge < -0.3 is 4.42 Å². The number of furan rings is 1. The molecular weight excluding hydrogens is 355 g/mol. The van der Waals surface area contributed by atoms with Gasteiger partial charge in [0.2, 0.25) is 0 Å². The molecule has 0 unspecified atom stereocenters. The van der Waals surface area contributed by atoms with Crippen molar-refractivity contribution in [1.82, 2.24) is 4.98 Å². The molecule has 2 heterocycles. The number of nitrogens with one attached hydrogen (secondary N) is 1. The lowest BCUT2D eigenvalue weighted by atomic mass is 10.2.